The number of hydrogen-bond acceptors (Lipinski definition) is 2. The minimum atomic E-state index is -0.467. The van der Waals surface area contributed by atoms with Crippen molar-refractivity contribution in [2.24, 2.45) is 4.99 Å². The van der Waals surface area contributed by atoms with Crippen molar-refractivity contribution in [1.82, 2.24) is 10.2 Å². The van der Waals surface area contributed by atoms with Crippen molar-refractivity contribution in [2.75, 3.05) is 21.2 Å². The van der Waals surface area contributed by atoms with Gasteiger partial charge in [-0.15, -0.1) is 0 Å². The van der Waals surface area contributed by atoms with Crippen molar-refractivity contribution < 1.29 is 13.5 Å². The molecule has 4 nitrogen and oxygen atoms in total. The summed E-state index contributed by atoms with van der Waals surface area (Å²) in [7, 11) is 5.13. The molecule has 0 atom stereocenters. The van der Waals surface area contributed by atoms with E-state index in [0.717, 1.165) is 23.4 Å². The Labute approximate surface area is 140 Å². The zero-order chi connectivity index (χ0) is 17.5. The molecular weight excluding hydrogens is 312 g/mol. The summed E-state index contributed by atoms with van der Waals surface area (Å²) < 4.78 is 32.3. The highest BCUT2D eigenvalue weighted by Crippen LogP contribution is 2.18. The predicted octanol–water partition coefficient (Wildman–Crippen LogP) is 3.18. The molecule has 128 valence electrons. The molecule has 6 heteroatoms. The fourth-order valence-electron chi connectivity index (χ4n) is 2.40. The van der Waals surface area contributed by atoms with Gasteiger partial charge in [-0.3, -0.25) is 4.99 Å². The minimum absolute atomic E-state index is 0.145. The average molecular weight is 333 g/mol. The van der Waals surface area contributed by atoms with Gasteiger partial charge in [0.25, 0.3) is 0 Å². The Morgan fingerprint density at radius 3 is 2.62 bits per heavy atom. The third-order valence-corrected chi connectivity index (χ3v) is 3.62. The molecule has 0 fully saturated rings. The third kappa shape index (κ3) is 4.44. The molecule has 1 N–H and O–H groups in total. The molecule has 0 spiro atoms. The van der Waals surface area contributed by atoms with Gasteiger partial charge in [0.05, 0.1) is 7.11 Å². The standard InChI is InChI=1S/C18H21F2N3O/c1-21-18(22-11-14-10-15(19)8-9-16(14)20)23(2)12-13-6-4-5-7-17(13)24-3/h4-10H,11-12H2,1-3H3,(H,21,22). The average Bonchev–Trinajstić information content (AvgIpc) is 2.58. The first-order valence-electron chi connectivity index (χ1n) is 7.52. The monoisotopic (exact) mass is 333 g/mol. The van der Waals surface area contributed by atoms with E-state index in [9.17, 15) is 8.78 Å². The number of hydrogen-bond donors (Lipinski definition) is 1. The van der Waals surface area contributed by atoms with Gasteiger partial charge in [0.15, 0.2) is 5.96 Å². The molecule has 0 heterocycles. The summed E-state index contributed by atoms with van der Waals surface area (Å²) in [6, 6.07) is 11.1. The van der Waals surface area contributed by atoms with E-state index in [0.29, 0.717) is 12.5 Å². The Balaban J connectivity index is 2.04. The number of ether oxygens (including phenoxy) is 1. The number of halogens is 2. The highest BCUT2D eigenvalue weighted by Gasteiger charge is 2.11. The molecule has 2 rings (SSSR count). The van der Waals surface area contributed by atoms with Crippen LogP contribution in [-0.4, -0.2) is 32.1 Å². The number of guanidine groups is 1. The van der Waals surface area contributed by atoms with Gasteiger partial charge in [-0.2, -0.15) is 0 Å². The molecule has 0 bridgehead atoms. The summed E-state index contributed by atoms with van der Waals surface area (Å²) in [4.78, 5) is 6.07. The van der Waals surface area contributed by atoms with Crippen LogP contribution in [-0.2, 0) is 13.1 Å². The van der Waals surface area contributed by atoms with Gasteiger partial charge < -0.3 is 15.0 Å². The van der Waals surface area contributed by atoms with Crippen LogP contribution in [0.3, 0.4) is 0 Å². The first-order chi connectivity index (χ1) is 11.5. The Bertz CT molecular complexity index is 719. The fourth-order valence-corrected chi connectivity index (χ4v) is 2.40. The van der Waals surface area contributed by atoms with Crippen molar-refractivity contribution in [3.8, 4) is 5.75 Å². The van der Waals surface area contributed by atoms with Crippen LogP contribution in [0.4, 0.5) is 8.78 Å². The van der Waals surface area contributed by atoms with E-state index < -0.39 is 11.6 Å². The second kappa shape index (κ2) is 8.29. The number of benzene rings is 2. The maximum atomic E-state index is 13.7. The molecule has 2 aromatic rings. The molecule has 0 radical (unpaired) electrons. The minimum Gasteiger partial charge on any atom is -0.496 e. The third-order valence-electron chi connectivity index (χ3n) is 3.62. The molecule has 0 amide bonds. The molecule has 0 saturated heterocycles. The molecule has 0 aliphatic heterocycles. The molecule has 0 aliphatic rings. The number of nitrogens with one attached hydrogen (secondary N) is 1. The topological polar surface area (TPSA) is 36.9 Å². The number of para-hydroxylation sites is 1. The molecule has 0 unspecified atom stereocenters. The van der Waals surface area contributed by atoms with Crippen LogP contribution in [0.5, 0.6) is 5.75 Å². The Morgan fingerprint density at radius 2 is 1.92 bits per heavy atom. The van der Waals surface area contributed by atoms with E-state index in [-0.39, 0.29) is 12.1 Å². The number of nitrogens with zero attached hydrogens (tertiary/aromatic N) is 2. The largest absolute Gasteiger partial charge is 0.496 e. The summed E-state index contributed by atoms with van der Waals surface area (Å²) in [5.41, 5.74) is 1.25. The lowest BCUT2D eigenvalue weighted by atomic mass is 10.2. The molecule has 0 aliphatic carbocycles. The van der Waals surface area contributed by atoms with Gasteiger partial charge in [-0.05, 0) is 24.3 Å². The van der Waals surface area contributed by atoms with Crippen molar-refractivity contribution in [3.63, 3.8) is 0 Å². The molecule has 2 aromatic carbocycles. The van der Waals surface area contributed by atoms with Crippen LogP contribution in [0, 0.1) is 11.6 Å². The quantitative estimate of drug-likeness (QED) is 0.674. The summed E-state index contributed by atoms with van der Waals surface area (Å²) in [5, 5.41) is 3.04. The summed E-state index contributed by atoms with van der Waals surface area (Å²) in [5.74, 6) is 0.442. The number of rotatable bonds is 5. The van der Waals surface area contributed by atoms with Crippen LogP contribution in [0.25, 0.3) is 0 Å². The fraction of sp³-hybridized carbons (Fsp3) is 0.278. The van der Waals surface area contributed by atoms with Crippen LogP contribution >= 0.6 is 0 Å². The van der Waals surface area contributed by atoms with Gasteiger partial charge in [-0.25, -0.2) is 8.78 Å². The molecule has 0 saturated carbocycles. The molecule has 24 heavy (non-hydrogen) atoms. The van der Waals surface area contributed by atoms with E-state index in [1.165, 1.54) is 6.07 Å². The van der Waals surface area contributed by atoms with E-state index in [1.807, 2.05) is 36.2 Å². The smallest absolute Gasteiger partial charge is 0.193 e. The predicted molar refractivity (Wildman–Crippen MR) is 91.0 cm³/mol. The first-order valence-corrected chi connectivity index (χ1v) is 7.52. The van der Waals surface area contributed by atoms with Crippen LogP contribution in [0.2, 0.25) is 0 Å². The maximum Gasteiger partial charge on any atom is 0.193 e. The number of methoxy groups -OCH3 is 1. The van der Waals surface area contributed by atoms with Crippen LogP contribution in [0.1, 0.15) is 11.1 Å². The van der Waals surface area contributed by atoms with E-state index >= 15 is 0 Å². The summed E-state index contributed by atoms with van der Waals surface area (Å²) in [6.45, 7) is 0.710. The molecule has 0 aromatic heterocycles. The summed E-state index contributed by atoms with van der Waals surface area (Å²) >= 11 is 0. The van der Waals surface area contributed by atoms with E-state index in [4.69, 9.17) is 4.74 Å². The van der Waals surface area contributed by atoms with E-state index in [2.05, 4.69) is 10.3 Å². The lowest BCUT2D eigenvalue weighted by Crippen LogP contribution is -2.38. The van der Waals surface area contributed by atoms with Crippen LogP contribution < -0.4 is 10.1 Å². The van der Waals surface area contributed by atoms with Gasteiger partial charge in [0.2, 0.25) is 0 Å². The van der Waals surface area contributed by atoms with E-state index in [1.54, 1.807) is 14.2 Å². The second-order valence-corrected chi connectivity index (χ2v) is 5.30. The second-order valence-electron chi connectivity index (χ2n) is 5.30. The van der Waals surface area contributed by atoms with Crippen molar-refractivity contribution in [3.05, 3.63) is 65.2 Å². The van der Waals surface area contributed by atoms with Gasteiger partial charge >= 0.3 is 0 Å². The lowest BCUT2D eigenvalue weighted by molar-refractivity contribution is 0.396. The van der Waals surface area contributed by atoms with Gasteiger partial charge in [0, 0.05) is 38.3 Å². The highest BCUT2D eigenvalue weighted by molar-refractivity contribution is 5.79. The Morgan fingerprint density at radius 1 is 1.17 bits per heavy atom. The SMILES string of the molecule is CN=C(NCc1cc(F)ccc1F)N(C)Cc1ccccc1OC. The zero-order valence-electron chi connectivity index (χ0n) is 14.0. The lowest BCUT2D eigenvalue weighted by Gasteiger charge is -2.23. The Kier molecular flexibility index (Phi) is 6.12. The zero-order valence-corrected chi connectivity index (χ0v) is 14.0. The highest BCUT2D eigenvalue weighted by atomic mass is 19.1. The van der Waals surface area contributed by atoms with Crippen molar-refractivity contribution in [1.29, 1.82) is 0 Å². The maximum absolute atomic E-state index is 13.7. The van der Waals surface area contributed by atoms with Crippen LogP contribution in [0.15, 0.2) is 47.5 Å². The Hall–Kier alpha value is -2.63. The summed E-state index contributed by atoms with van der Waals surface area (Å²) in [6.07, 6.45) is 0. The normalized spacial score (nSPS) is 11.3. The van der Waals surface area contributed by atoms with Gasteiger partial charge in [-0.1, -0.05) is 18.2 Å². The van der Waals surface area contributed by atoms with Crippen molar-refractivity contribution in [2.45, 2.75) is 13.1 Å². The molecular formula is C18H21F2N3O. The number of aliphatic imine (C=N–C) groups is 1. The first kappa shape index (κ1) is 17.7. The van der Waals surface area contributed by atoms with Gasteiger partial charge in [0.1, 0.15) is 17.4 Å². The van der Waals surface area contributed by atoms with Crippen molar-refractivity contribution >= 4 is 5.96 Å².